The molecule has 1 aliphatic rings. The first-order chi connectivity index (χ1) is 9.52. The van der Waals surface area contributed by atoms with Crippen molar-refractivity contribution in [3.63, 3.8) is 0 Å². The number of nitrogens with zero attached hydrogens (tertiary/aromatic N) is 1. The molecule has 0 spiro atoms. The van der Waals surface area contributed by atoms with E-state index in [0.717, 1.165) is 0 Å². The van der Waals surface area contributed by atoms with Crippen LogP contribution in [0.1, 0.15) is 31.1 Å². The number of carbonyl (C=O) groups is 2. The molecule has 3 N–H and O–H groups in total. The normalized spacial score (nSPS) is 16.7. The van der Waals surface area contributed by atoms with E-state index in [1.807, 2.05) is 0 Å². The molecular formula is C13H17N3O4S. The minimum atomic E-state index is -4.00. The Morgan fingerprint density at radius 3 is 2.52 bits per heavy atom. The zero-order chi connectivity index (χ0) is 16.0. The number of amides is 2. The summed E-state index contributed by atoms with van der Waals surface area (Å²) in [5.41, 5.74) is 5.34. The summed E-state index contributed by atoms with van der Waals surface area (Å²) in [6, 6.07) is 3.98. The summed E-state index contributed by atoms with van der Waals surface area (Å²) in [6.45, 7) is 4.75. The van der Waals surface area contributed by atoms with Gasteiger partial charge in [0.05, 0.1) is 5.56 Å². The smallest absolute Gasteiger partial charge is 0.269 e. The number of nitrogens with two attached hydrogens (primary N) is 1. The third-order valence-corrected chi connectivity index (χ3v) is 4.62. The molecule has 1 aromatic carbocycles. The Morgan fingerprint density at radius 1 is 1.33 bits per heavy atom. The summed E-state index contributed by atoms with van der Waals surface area (Å²) in [5, 5.41) is 2.62. The van der Waals surface area contributed by atoms with Gasteiger partial charge in [0.15, 0.2) is 0 Å². The van der Waals surface area contributed by atoms with Crippen LogP contribution in [0.15, 0.2) is 23.1 Å². The molecule has 0 saturated heterocycles. The molecule has 0 aliphatic carbocycles. The van der Waals surface area contributed by atoms with Gasteiger partial charge in [-0.15, -0.1) is 0 Å². The van der Waals surface area contributed by atoms with Crippen molar-refractivity contribution >= 4 is 27.5 Å². The van der Waals surface area contributed by atoms with Crippen LogP contribution in [-0.2, 0) is 14.8 Å². The number of nitrogens with one attached hydrogen (secondary N) is 1. The second-order valence-electron chi connectivity index (χ2n) is 5.87. The Hall–Kier alpha value is -2.09. The minimum Gasteiger partial charge on any atom is -0.399 e. The fourth-order valence-electron chi connectivity index (χ4n) is 2.05. The average molecular weight is 311 g/mol. The summed E-state index contributed by atoms with van der Waals surface area (Å²) in [5.74, 6) is -1.28. The van der Waals surface area contributed by atoms with Crippen molar-refractivity contribution in [3.8, 4) is 0 Å². The molecule has 21 heavy (non-hydrogen) atoms. The Balaban J connectivity index is 2.32. The number of nitrogen functional groups attached to an aromatic ring is 1. The van der Waals surface area contributed by atoms with Crippen molar-refractivity contribution in [2.45, 2.75) is 31.2 Å². The molecule has 0 atom stereocenters. The number of fused-ring (bicyclic) bond motifs is 1. The summed E-state index contributed by atoms with van der Waals surface area (Å²) in [7, 11) is -4.00. The molecule has 0 radical (unpaired) electrons. The number of hydrogen-bond acceptors (Lipinski definition) is 5. The van der Waals surface area contributed by atoms with Gasteiger partial charge in [-0.3, -0.25) is 9.59 Å². The number of carbonyl (C=O) groups excluding carboxylic acids is 2. The van der Waals surface area contributed by atoms with Crippen molar-refractivity contribution in [1.29, 1.82) is 0 Å². The predicted octanol–water partition coefficient (Wildman–Crippen LogP) is 0.328. The zero-order valence-electron chi connectivity index (χ0n) is 12.0. The third-order valence-electron chi connectivity index (χ3n) is 2.83. The van der Waals surface area contributed by atoms with Gasteiger partial charge in [-0.2, -0.15) is 0 Å². The van der Waals surface area contributed by atoms with E-state index < -0.39 is 33.9 Å². The zero-order valence-corrected chi connectivity index (χ0v) is 12.8. The van der Waals surface area contributed by atoms with Gasteiger partial charge >= 0.3 is 0 Å². The first-order valence-corrected chi connectivity index (χ1v) is 7.74. The average Bonchev–Trinajstić information content (AvgIpc) is 2.48. The van der Waals surface area contributed by atoms with Gasteiger partial charge in [-0.05, 0) is 39.0 Å². The van der Waals surface area contributed by atoms with E-state index >= 15 is 0 Å². The Morgan fingerprint density at radius 2 is 1.95 bits per heavy atom. The fourth-order valence-corrected chi connectivity index (χ4v) is 3.55. The molecule has 7 nitrogen and oxygen atoms in total. The van der Waals surface area contributed by atoms with Gasteiger partial charge in [0.1, 0.15) is 11.4 Å². The number of sulfonamides is 1. The van der Waals surface area contributed by atoms with Gasteiger partial charge in [0.2, 0.25) is 5.91 Å². The van der Waals surface area contributed by atoms with E-state index in [4.69, 9.17) is 5.73 Å². The molecule has 1 aromatic rings. The van der Waals surface area contributed by atoms with Crippen LogP contribution in [0.25, 0.3) is 0 Å². The van der Waals surface area contributed by atoms with Crippen LogP contribution >= 0.6 is 0 Å². The number of hydrogen-bond donors (Lipinski definition) is 2. The molecule has 114 valence electrons. The van der Waals surface area contributed by atoms with Crippen molar-refractivity contribution in [2.24, 2.45) is 0 Å². The Bertz CT molecular complexity index is 719. The maximum atomic E-state index is 12.3. The van der Waals surface area contributed by atoms with Gasteiger partial charge < -0.3 is 11.1 Å². The lowest BCUT2D eigenvalue weighted by molar-refractivity contribution is -0.122. The van der Waals surface area contributed by atoms with Gasteiger partial charge in [0, 0.05) is 11.2 Å². The molecule has 2 rings (SSSR count). The van der Waals surface area contributed by atoms with Crippen molar-refractivity contribution < 1.29 is 18.0 Å². The van der Waals surface area contributed by atoms with Crippen molar-refractivity contribution in [2.75, 3.05) is 12.3 Å². The van der Waals surface area contributed by atoms with E-state index in [-0.39, 0.29) is 10.5 Å². The largest absolute Gasteiger partial charge is 0.399 e. The van der Waals surface area contributed by atoms with Crippen LogP contribution in [0.4, 0.5) is 5.69 Å². The summed E-state index contributed by atoms with van der Waals surface area (Å²) in [4.78, 5) is 23.9. The lowest BCUT2D eigenvalue weighted by atomic mass is 10.1. The van der Waals surface area contributed by atoms with Crippen molar-refractivity contribution in [3.05, 3.63) is 23.8 Å². The van der Waals surface area contributed by atoms with E-state index in [1.165, 1.54) is 18.2 Å². The first-order valence-electron chi connectivity index (χ1n) is 6.30. The lowest BCUT2D eigenvalue weighted by Gasteiger charge is -2.22. The fraction of sp³-hybridized carbons (Fsp3) is 0.385. The standard InChI is InChI=1S/C13H17N3O4S/c1-13(2,3)15-11(17)7-16-12(18)9-6-8(14)4-5-10(9)21(16,19)20/h4-6H,7,14H2,1-3H3,(H,15,17). The Kier molecular flexibility index (Phi) is 3.45. The molecule has 2 amide bonds. The summed E-state index contributed by atoms with van der Waals surface area (Å²) in [6.07, 6.45) is 0. The van der Waals surface area contributed by atoms with Crippen LogP contribution < -0.4 is 11.1 Å². The molecule has 1 aliphatic heterocycles. The van der Waals surface area contributed by atoms with E-state index in [2.05, 4.69) is 5.32 Å². The summed E-state index contributed by atoms with van der Waals surface area (Å²) >= 11 is 0. The second-order valence-corrected chi connectivity index (χ2v) is 7.70. The SMILES string of the molecule is CC(C)(C)NC(=O)CN1C(=O)c2cc(N)ccc2S1(=O)=O. The van der Waals surface area contributed by atoms with Gasteiger partial charge in [0.25, 0.3) is 15.9 Å². The molecule has 1 heterocycles. The molecule has 0 saturated carbocycles. The number of benzene rings is 1. The van der Waals surface area contributed by atoms with Crippen LogP contribution in [-0.4, -0.2) is 36.6 Å². The first kappa shape index (κ1) is 15.3. The van der Waals surface area contributed by atoms with Crippen LogP contribution in [0.2, 0.25) is 0 Å². The van der Waals surface area contributed by atoms with E-state index in [9.17, 15) is 18.0 Å². The highest BCUT2D eigenvalue weighted by atomic mass is 32.2. The molecule has 0 bridgehead atoms. The topological polar surface area (TPSA) is 110 Å². The maximum absolute atomic E-state index is 12.3. The molecule has 0 aromatic heterocycles. The quantitative estimate of drug-likeness (QED) is 0.765. The number of rotatable bonds is 2. The summed E-state index contributed by atoms with van der Waals surface area (Å²) < 4.78 is 25.2. The number of anilines is 1. The predicted molar refractivity (Wildman–Crippen MR) is 77.0 cm³/mol. The van der Waals surface area contributed by atoms with E-state index in [1.54, 1.807) is 20.8 Å². The molecular weight excluding hydrogens is 294 g/mol. The van der Waals surface area contributed by atoms with Crippen LogP contribution in [0.3, 0.4) is 0 Å². The second kappa shape index (κ2) is 4.73. The highest BCUT2D eigenvalue weighted by Crippen LogP contribution is 2.31. The third kappa shape index (κ3) is 2.85. The van der Waals surface area contributed by atoms with E-state index in [0.29, 0.717) is 9.99 Å². The highest BCUT2D eigenvalue weighted by Gasteiger charge is 2.42. The Labute approximate surface area is 123 Å². The molecule has 0 fully saturated rings. The molecule has 0 unspecified atom stereocenters. The minimum absolute atomic E-state index is 0.00133. The van der Waals surface area contributed by atoms with Crippen molar-refractivity contribution in [1.82, 2.24) is 9.62 Å². The molecule has 8 heteroatoms. The van der Waals surface area contributed by atoms with Gasteiger partial charge in [-0.1, -0.05) is 0 Å². The maximum Gasteiger partial charge on any atom is 0.269 e. The van der Waals surface area contributed by atoms with Gasteiger partial charge in [-0.25, -0.2) is 12.7 Å². The van der Waals surface area contributed by atoms with Crippen LogP contribution in [0, 0.1) is 0 Å². The van der Waals surface area contributed by atoms with Crippen LogP contribution in [0.5, 0.6) is 0 Å². The monoisotopic (exact) mass is 311 g/mol. The lowest BCUT2D eigenvalue weighted by Crippen LogP contribution is -2.47. The highest BCUT2D eigenvalue weighted by molar-refractivity contribution is 7.90.